The Balaban J connectivity index is 5.47. The van der Waals surface area contributed by atoms with E-state index in [1.165, 1.54) is 0 Å². The van der Waals surface area contributed by atoms with Crippen molar-refractivity contribution in [1.29, 1.82) is 0 Å². The lowest BCUT2D eigenvalue weighted by molar-refractivity contribution is 0.0906. The lowest BCUT2D eigenvalue weighted by Crippen LogP contribution is -2.23. The third kappa shape index (κ3) is 5.42. The van der Waals surface area contributed by atoms with Crippen molar-refractivity contribution in [2.75, 3.05) is 0 Å². The molecule has 1 atom stereocenters. The Morgan fingerprint density at radius 3 is 1.44 bits per heavy atom. The van der Waals surface area contributed by atoms with E-state index in [1.807, 2.05) is 0 Å². The normalized spacial score (nSPS) is 15.8. The van der Waals surface area contributed by atoms with Gasteiger partial charge >= 0.3 is 22.8 Å². The zero-order chi connectivity index (χ0) is 14.9. The summed E-state index contributed by atoms with van der Waals surface area (Å²) >= 11 is 0. The van der Waals surface area contributed by atoms with E-state index in [0.717, 1.165) is 6.92 Å². The quantitative estimate of drug-likeness (QED) is 0.280. The van der Waals surface area contributed by atoms with Crippen molar-refractivity contribution < 1.29 is 47.8 Å². The molecule has 0 saturated carbocycles. The molecule has 108 valence electrons. The van der Waals surface area contributed by atoms with E-state index in [0.29, 0.717) is 0 Å². The molecule has 0 aliphatic carbocycles. The van der Waals surface area contributed by atoms with E-state index in [2.05, 4.69) is 11.3 Å². The van der Waals surface area contributed by atoms with Gasteiger partial charge in [-0.05, 0) is 12.5 Å². The first kappa shape index (κ1) is 18.1. The van der Waals surface area contributed by atoms with Crippen LogP contribution in [0.15, 0.2) is 12.2 Å². The average molecular weight is 326 g/mol. The first-order valence-corrected chi connectivity index (χ1v) is 9.18. The lowest BCUT2D eigenvalue weighted by atomic mass is 10.4. The number of rotatable bonds is 6. The molecule has 0 radical (unpaired) electrons. The predicted molar refractivity (Wildman–Crippen MR) is 59.6 cm³/mol. The average Bonchev–Trinajstić information content (AvgIpc) is 1.94. The molecule has 0 spiro atoms. The Hall–Kier alpha value is 0.150. The summed E-state index contributed by atoms with van der Waals surface area (Å²) in [4.78, 5) is 52.6. The van der Waals surface area contributed by atoms with Crippen molar-refractivity contribution in [3.63, 3.8) is 0 Å². The highest BCUT2D eigenvalue weighted by Gasteiger charge is 2.49. The smallest absolute Gasteiger partial charge is 0.334 e. The van der Waals surface area contributed by atoms with Gasteiger partial charge in [-0.25, -0.2) is 0 Å². The highest BCUT2D eigenvalue weighted by atomic mass is 31.2. The van der Waals surface area contributed by atoms with Gasteiger partial charge in [-0.1, -0.05) is 6.58 Å². The third-order valence-corrected chi connectivity index (χ3v) is 5.93. The van der Waals surface area contributed by atoms with Crippen molar-refractivity contribution in [2.24, 2.45) is 0 Å². The van der Waals surface area contributed by atoms with Gasteiger partial charge in [-0.2, -0.15) is 0 Å². The highest BCUT2D eigenvalue weighted by Crippen LogP contribution is 2.62. The summed E-state index contributed by atoms with van der Waals surface area (Å²) in [7, 11) is -15.9. The van der Waals surface area contributed by atoms with Gasteiger partial charge in [-0.3, -0.25) is 13.7 Å². The Morgan fingerprint density at radius 1 is 0.944 bits per heavy atom. The fourth-order valence-electron chi connectivity index (χ4n) is 0.952. The highest BCUT2D eigenvalue weighted by molar-refractivity contribution is 7.70. The molecule has 0 rings (SSSR count). The topological polar surface area (TPSA) is 182 Å². The molecular weight excluding hydrogens is 313 g/mol. The molecule has 0 aromatic heterocycles. The second-order valence-corrected chi connectivity index (χ2v) is 8.78. The summed E-state index contributed by atoms with van der Waals surface area (Å²) in [5, 5.41) is 0. The van der Waals surface area contributed by atoms with Crippen LogP contribution in [0.3, 0.4) is 0 Å². The molecule has 6 N–H and O–H groups in total. The first-order chi connectivity index (χ1) is 7.67. The minimum Gasteiger partial charge on any atom is -0.334 e. The maximum atomic E-state index is 11.0. The minimum absolute atomic E-state index is 0.338. The molecule has 18 heavy (non-hydrogen) atoms. The summed E-state index contributed by atoms with van der Waals surface area (Å²) in [6.45, 7) is 4.19. The zero-order valence-corrected chi connectivity index (χ0v) is 11.7. The van der Waals surface area contributed by atoms with Crippen LogP contribution in [0, 0.1) is 0 Å². The lowest BCUT2D eigenvalue weighted by Gasteiger charge is -2.26. The summed E-state index contributed by atoms with van der Waals surface area (Å²) in [6, 6.07) is 0. The zero-order valence-electron chi connectivity index (χ0n) is 9.02. The standard InChI is InChI=1S/C5H13O10P3/c1-3(2)4(16(6,7)8)15-5(17(9,10)11)18(12,13)14/h4-5H,1H2,2H3,(H2,6,7,8)(H2,9,10,11)(H2,12,13,14). The molecule has 0 aliphatic heterocycles. The van der Waals surface area contributed by atoms with Gasteiger partial charge < -0.3 is 34.1 Å². The summed E-state index contributed by atoms with van der Waals surface area (Å²) in [6.07, 6.45) is 0. The van der Waals surface area contributed by atoms with Gasteiger partial charge in [0.15, 0.2) is 5.85 Å². The number of hydrogen-bond acceptors (Lipinski definition) is 4. The van der Waals surface area contributed by atoms with Gasteiger partial charge in [0.2, 0.25) is 0 Å². The second-order valence-electron chi connectivity index (χ2n) is 3.43. The molecule has 0 bridgehead atoms. The van der Waals surface area contributed by atoms with Gasteiger partial charge in [0.1, 0.15) is 0 Å². The fraction of sp³-hybridized carbons (Fsp3) is 0.600. The molecule has 0 fully saturated rings. The minimum atomic E-state index is -5.43. The maximum absolute atomic E-state index is 11.0. The van der Waals surface area contributed by atoms with E-state index < -0.39 is 34.2 Å². The Labute approximate surface area is 102 Å². The van der Waals surface area contributed by atoms with E-state index in [-0.39, 0.29) is 5.57 Å². The third-order valence-electron chi connectivity index (χ3n) is 1.55. The van der Waals surface area contributed by atoms with Gasteiger partial charge in [0.05, 0.1) is 0 Å². The first-order valence-electron chi connectivity index (χ1n) is 4.14. The predicted octanol–water partition coefficient (Wildman–Crippen LogP) is -0.278. The summed E-state index contributed by atoms with van der Waals surface area (Å²) < 4.78 is 36.9. The molecule has 1 unspecified atom stereocenters. The molecule has 0 aromatic rings. The SMILES string of the molecule is C=C(C)C(OC(P(=O)(O)O)P(=O)(O)O)P(=O)(O)O. The largest absolute Gasteiger partial charge is 0.366 e. The van der Waals surface area contributed by atoms with E-state index in [1.54, 1.807) is 0 Å². The number of ether oxygens (including phenoxy) is 1. The van der Waals surface area contributed by atoms with E-state index in [4.69, 9.17) is 29.4 Å². The van der Waals surface area contributed by atoms with Crippen molar-refractivity contribution >= 4 is 22.8 Å². The van der Waals surface area contributed by atoms with Gasteiger partial charge in [0.25, 0.3) is 5.59 Å². The van der Waals surface area contributed by atoms with Gasteiger partial charge in [0, 0.05) is 0 Å². The molecule has 0 aliphatic rings. The van der Waals surface area contributed by atoms with Crippen molar-refractivity contribution in [3.05, 3.63) is 12.2 Å². The monoisotopic (exact) mass is 326 g/mol. The van der Waals surface area contributed by atoms with Crippen LogP contribution in [-0.4, -0.2) is 40.8 Å². The van der Waals surface area contributed by atoms with Crippen molar-refractivity contribution in [2.45, 2.75) is 18.4 Å². The second kappa shape index (κ2) is 5.64. The van der Waals surface area contributed by atoms with Crippen LogP contribution in [0.2, 0.25) is 0 Å². The van der Waals surface area contributed by atoms with Crippen molar-refractivity contribution in [3.8, 4) is 0 Å². The van der Waals surface area contributed by atoms with Crippen LogP contribution in [0.4, 0.5) is 0 Å². The summed E-state index contributed by atoms with van der Waals surface area (Å²) in [5.74, 6) is -2.22. The molecule has 0 aromatic carbocycles. The molecule has 0 heterocycles. The molecule has 13 heteroatoms. The van der Waals surface area contributed by atoms with Crippen LogP contribution in [0.1, 0.15) is 6.92 Å². The number of hydrogen-bond donors (Lipinski definition) is 6. The van der Waals surface area contributed by atoms with E-state index >= 15 is 0 Å². The van der Waals surface area contributed by atoms with Crippen LogP contribution < -0.4 is 0 Å². The van der Waals surface area contributed by atoms with Crippen LogP contribution in [0.25, 0.3) is 0 Å². The van der Waals surface area contributed by atoms with Crippen LogP contribution in [-0.2, 0) is 18.4 Å². The van der Waals surface area contributed by atoms with E-state index in [9.17, 15) is 13.7 Å². The molecular formula is C5H13O10P3. The summed E-state index contributed by atoms with van der Waals surface area (Å²) in [5.41, 5.74) is -3.30. The Kier molecular flexibility index (Phi) is 5.69. The Bertz CT molecular complexity index is 430. The van der Waals surface area contributed by atoms with Crippen LogP contribution >= 0.6 is 22.8 Å². The molecule has 0 amide bonds. The molecule has 10 nitrogen and oxygen atoms in total. The van der Waals surface area contributed by atoms with Crippen molar-refractivity contribution in [1.82, 2.24) is 0 Å². The molecule has 0 saturated heterocycles. The maximum Gasteiger partial charge on any atom is 0.366 e. The Morgan fingerprint density at radius 2 is 1.28 bits per heavy atom. The fourth-order valence-corrected chi connectivity index (χ4v) is 4.13. The van der Waals surface area contributed by atoms with Gasteiger partial charge in [-0.15, -0.1) is 0 Å². The van der Waals surface area contributed by atoms with Crippen LogP contribution in [0.5, 0.6) is 0 Å².